The maximum Gasteiger partial charge on any atom is 0.184 e. The SMILES string of the molecule is C=CC(=O)C(OC)C(C)C. The van der Waals surface area contributed by atoms with E-state index >= 15 is 0 Å². The Kier molecular flexibility index (Phi) is 3.96. The molecule has 0 N–H and O–H groups in total. The lowest BCUT2D eigenvalue weighted by Crippen LogP contribution is -2.26. The summed E-state index contributed by atoms with van der Waals surface area (Å²) in [5.41, 5.74) is 0. The first-order valence-corrected chi connectivity index (χ1v) is 3.32. The zero-order valence-corrected chi connectivity index (χ0v) is 6.76. The number of ether oxygens (including phenoxy) is 1. The third-order valence-corrected chi connectivity index (χ3v) is 1.34. The minimum Gasteiger partial charge on any atom is -0.373 e. The summed E-state index contributed by atoms with van der Waals surface area (Å²) in [5.74, 6) is 0.174. The maximum absolute atomic E-state index is 10.9. The molecule has 0 aromatic heterocycles. The molecule has 0 aliphatic heterocycles. The smallest absolute Gasteiger partial charge is 0.184 e. The van der Waals surface area contributed by atoms with Crippen molar-refractivity contribution in [3.63, 3.8) is 0 Å². The molecule has 58 valence electrons. The van der Waals surface area contributed by atoms with E-state index in [0.717, 1.165) is 0 Å². The van der Waals surface area contributed by atoms with Crippen LogP contribution in [0.1, 0.15) is 13.8 Å². The van der Waals surface area contributed by atoms with Crippen molar-refractivity contribution < 1.29 is 9.53 Å². The van der Waals surface area contributed by atoms with Crippen LogP contribution in [0.2, 0.25) is 0 Å². The van der Waals surface area contributed by atoms with E-state index in [2.05, 4.69) is 6.58 Å². The van der Waals surface area contributed by atoms with E-state index in [0.29, 0.717) is 0 Å². The first-order valence-electron chi connectivity index (χ1n) is 3.32. The number of carbonyl (C=O) groups excluding carboxylic acids is 1. The fourth-order valence-electron chi connectivity index (χ4n) is 0.833. The van der Waals surface area contributed by atoms with E-state index in [1.807, 2.05) is 13.8 Å². The summed E-state index contributed by atoms with van der Waals surface area (Å²) in [6.07, 6.45) is 0.978. The van der Waals surface area contributed by atoms with Gasteiger partial charge in [0.05, 0.1) is 0 Å². The van der Waals surface area contributed by atoms with Gasteiger partial charge in [-0.1, -0.05) is 20.4 Å². The van der Waals surface area contributed by atoms with Gasteiger partial charge in [0.15, 0.2) is 5.78 Å². The van der Waals surface area contributed by atoms with Crippen LogP contribution < -0.4 is 0 Å². The number of rotatable bonds is 4. The highest BCUT2D eigenvalue weighted by Crippen LogP contribution is 2.06. The van der Waals surface area contributed by atoms with Crippen LogP contribution in [0, 0.1) is 5.92 Å². The van der Waals surface area contributed by atoms with Crippen molar-refractivity contribution in [1.29, 1.82) is 0 Å². The van der Waals surface area contributed by atoms with Crippen molar-refractivity contribution in [2.45, 2.75) is 20.0 Å². The topological polar surface area (TPSA) is 26.3 Å². The van der Waals surface area contributed by atoms with Gasteiger partial charge in [-0.2, -0.15) is 0 Å². The molecule has 0 heterocycles. The van der Waals surface area contributed by atoms with E-state index in [9.17, 15) is 4.79 Å². The normalized spacial score (nSPS) is 13.2. The standard InChI is InChI=1S/C8H14O2/c1-5-7(9)8(10-4)6(2)3/h5-6,8H,1H2,2-4H3. The molecule has 0 saturated heterocycles. The van der Waals surface area contributed by atoms with Crippen LogP contribution in [0.5, 0.6) is 0 Å². The molecule has 0 saturated carbocycles. The van der Waals surface area contributed by atoms with Crippen molar-refractivity contribution in [3.8, 4) is 0 Å². The summed E-state index contributed by atoms with van der Waals surface area (Å²) in [6.45, 7) is 7.26. The van der Waals surface area contributed by atoms with Crippen LogP contribution in [0.3, 0.4) is 0 Å². The van der Waals surface area contributed by atoms with Gasteiger partial charge in [0.2, 0.25) is 0 Å². The van der Waals surface area contributed by atoms with Crippen LogP contribution in [0.25, 0.3) is 0 Å². The highest BCUT2D eigenvalue weighted by atomic mass is 16.5. The van der Waals surface area contributed by atoms with Crippen molar-refractivity contribution in [2.24, 2.45) is 5.92 Å². The molecule has 10 heavy (non-hydrogen) atoms. The molecule has 0 aliphatic rings. The van der Waals surface area contributed by atoms with Crippen LogP contribution in [-0.2, 0) is 9.53 Å². The number of ketones is 1. The second kappa shape index (κ2) is 4.23. The van der Waals surface area contributed by atoms with E-state index < -0.39 is 0 Å². The summed E-state index contributed by atoms with van der Waals surface area (Å²) in [6, 6.07) is 0. The quantitative estimate of drug-likeness (QED) is 0.555. The lowest BCUT2D eigenvalue weighted by molar-refractivity contribution is -0.126. The van der Waals surface area contributed by atoms with Crippen molar-refractivity contribution >= 4 is 5.78 Å². The third kappa shape index (κ3) is 2.31. The zero-order valence-electron chi connectivity index (χ0n) is 6.76. The Hall–Kier alpha value is -0.630. The van der Waals surface area contributed by atoms with Gasteiger partial charge in [0.25, 0.3) is 0 Å². The summed E-state index contributed by atoms with van der Waals surface area (Å²) in [5, 5.41) is 0. The van der Waals surface area contributed by atoms with Gasteiger partial charge in [0, 0.05) is 7.11 Å². The fraction of sp³-hybridized carbons (Fsp3) is 0.625. The molecule has 0 spiro atoms. The molecule has 1 unspecified atom stereocenters. The van der Waals surface area contributed by atoms with Crippen LogP contribution >= 0.6 is 0 Å². The molecule has 2 heteroatoms. The zero-order chi connectivity index (χ0) is 8.15. The second-order valence-corrected chi connectivity index (χ2v) is 2.51. The van der Waals surface area contributed by atoms with E-state index in [1.165, 1.54) is 13.2 Å². The summed E-state index contributed by atoms with van der Waals surface area (Å²) < 4.78 is 4.94. The Balaban J connectivity index is 4.06. The van der Waals surface area contributed by atoms with Gasteiger partial charge >= 0.3 is 0 Å². The van der Waals surface area contributed by atoms with Crippen LogP contribution in [0.15, 0.2) is 12.7 Å². The first kappa shape index (κ1) is 9.37. The maximum atomic E-state index is 10.9. The molecule has 0 fully saturated rings. The lowest BCUT2D eigenvalue weighted by Gasteiger charge is -2.14. The Morgan fingerprint density at radius 1 is 1.60 bits per heavy atom. The van der Waals surface area contributed by atoms with Crippen LogP contribution in [0.4, 0.5) is 0 Å². The molecule has 0 radical (unpaired) electrons. The summed E-state index contributed by atoms with van der Waals surface area (Å²) in [7, 11) is 1.53. The number of carbonyl (C=O) groups is 1. The summed E-state index contributed by atoms with van der Waals surface area (Å²) in [4.78, 5) is 10.9. The molecule has 1 atom stereocenters. The minimum absolute atomic E-state index is 0.0440. The van der Waals surface area contributed by atoms with E-state index in [4.69, 9.17) is 4.74 Å². The predicted molar refractivity (Wildman–Crippen MR) is 40.8 cm³/mol. The average Bonchev–Trinajstić information content (AvgIpc) is 1.88. The Morgan fingerprint density at radius 2 is 2.10 bits per heavy atom. The second-order valence-electron chi connectivity index (χ2n) is 2.51. The van der Waals surface area contributed by atoms with Gasteiger partial charge < -0.3 is 4.74 Å². The summed E-state index contributed by atoms with van der Waals surface area (Å²) >= 11 is 0. The van der Waals surface area contributed by atoms with E-state index in [1.54, 1.807) is 0 Å². The molecule has 0 aliphatic carbocycles. The fourth-order valence-corrected chi connectivity index (χ4v) is 0.833. The molecular formula is C8H14O2. The van der Waals surface area contributed by atoms with Crippen molar-refractivity contribution in [1.82, 2.24) is 0 Å². The molecule has 0 bridgehead atoms. The Labute approximate surface area is 61.9 Å². The molecule has 2 nitrogen and oxygen atoms in total. The molecule has 0 aromatic rings. The van der Waals surface area contributed by atoms with Crippen molar-refractivity contribution in [2.75, 3.05) is 7.11 Å². The van der Waals surface area contributed by atoms with Gasteiger partial charge in [-0.3, -0.25) is 4.79 Å². The number of methoxy groups -OCH3 is 1. The molecule has 0 rings (SSSR count). The van der Waals surface area contributed by atoms with Gasteiger partial charge in [-0.05, 0) is 12.0 Å². The average molecular weight is 142 g/mol. The monoisotopic (exact) mass is 142 g/mol. The van der Waals surface area contributed by atoms with Crippen LogP contribution in [-0.4, -0.2) is 19.0 Å². The molecular weight excluding hydrogens is 128 g/mol. The molecule has 0 aromatic carbocycles. The largest absolute Gasteiger partial charge is 0.373 e. The van der Waals surface area contributed by atoms with E-state index in [-0.39, 0.29) is 17.8 Å². The number of hydrogen-bond donors (Lipinski definition) is 0. The van der Waals surface area contributed by atoms with Gasteiger partial charge in [-0.25, -0.2) is 0 Å². The minimum atomic E-state index is -0.322. The number of hydrogen-bond acceptors (Lipinski definition) is 2. The Bertz CT molecular complexity index is 127. The van der Waals surface area contributed by atoms with Crippen molar-refractivity contribution in [3.05, 3.63) is 12.7 Å². The highest BCUT2D eigenvalue weighted by Gasteiger charge is 2.17. The lowest BCUT2D eigenvalue weighted by atomic mass is 10.0. The molecule has 0 amide bonds. The van der Waals surface area contributed by atoms with Gasteiger partial charge in [-0.15, -0.1) is 0 Å². The Morgan fingerprint density at radius 3 is 2.20 bits per heavy atom. The first-order chi connectivity index (χ1) is 4.63. The van der Waals surface area contributed by atoms with Gasteiger partial charge in [0.1, 0.15) is 6.10 Å². The third-order valence-electron chi connectivity index (χ3n) is 1.34. The highest BCUT2D eigenvalue weighted by molar-refractivity contribution is 5.93. The predicted octanol–water partition coefficient (Wildman–Crippen LogP) is 1.41.